The van der Waals surface area contributed by atoms with Gasteiger partial charge in [-0.05, 0) is 56.9 Å². The van der Waals surface area contributed by atoms with E-state index in [9.17, 15) is 0 Å². The molecule has 3 nitrogen and oxygen atoms in total. The van der Waals surface area contributed by atoms with Gasteiger partial charge >= 0.3 is 0 Å². The highest BCUT2D eigenvalue weighted by atomic mass is 79.9. The molecule has 0 radical (unpaired) electrons. The second-order valence-electron chi connectivity index (χ2n) is 6.10. The van der Waals surface area contributed by atoms with E-state index in [1.54, 1.807) is 0 Å². The lowest BCUT2D eigenvalue weighted by Crippen LogP contribution is -2.08. The van der Waals surface area contributed by atoms with Gasteiger partial charge in [-0.2, -0.15) is 0 Å². The number of hydrogen-bond donors (Lipinski definition) is 1. The summed E-state index contributed by atoms with van der Waals surface area (Å²) in [5.74, 6) is 0.973. The van der Waals surface area contributed by atoms with E-state index in [1.807, 2.05) is 0 Å². The molecule has 0 saturated heterocycles. The highest BCUT2D eigenvalue weighted by Gasteiger charge is 2.20. The lowest BCUT2D eigenvalue weighted by Gasteiger charge is -2.16. The van der Waals surface area contributed by atoms with E-state index in [-0.39, 0.29) is 0 Å². The standard InChI is InChI=1S/C17H22BrN3/c1-11-8-14(9-12(2)16(11)18)20-17-19-13(3)10-21(17)15-6-4-5-7-15/h8-10,15H,4-7H2,1-3H3,(H,19,20). The Hall–Kier alpha value is -1.29. The third kappa shape index (κ3) is 3.00. The summed E-state index contributed by atoms with van der Waals surface area (Å²) in [7, 11) is 0. The highest BCUT2D eigenvalue weighted by Crippen LogP contribution is 2.33. The monoisotopic (exact) mass is 347 g/mol. The van der Waals surface area contributed by atoms with Gasteiger partial charge in [0, 0.05) is 22.4 Å². The molecule has 21 heavy (non-hydrogen) atoms. The SMILES string of the molecule is Cc1cn(C2CCCC2)c(Nc2cc(C)c(Br)c(C)c2)n1. The Bertz CT molecular complexity index is 631. The van der Waals surface area contributed by atoms with Gasteiger partial charge in [0.15, 0.2) is 0 Å². The fourth-order valence-corrected chi connectivity index (χ4v) is 3.45. The van der Waals surface area contributed by atoms with Gasteiger partial charge in [-0.25, -0.2) is 4.98 Å². The quantitative estimate of drug-likeness (QED) is 0.802. The van der Waals surface area contributed by atoms with Crippen molar-refractivity contribution < 1.29 is 0 Å². The van der Waals surface area contributed by atoms with E-state index >= 15 is 0 Å². The third-order valence-corrected chi connectivity index (χ3v) is 5.51. The second-order valence-corrected chi connectivity index (χ2v) is 6.89. The maximum atomic E-state index is 4.67. The summed E-state index contributed by atoms with van der Waals surface area (Å²) in [5, 5.41) is 3.51. The van der Waals surface area contributed by atoms with Crippen LogP contribution in [0.3, 0.4) is 0 Å². The zero-order valence-electron chi connectivity index (χ0n) is 12.9. The lowest BCUT2D eigenvalue weighted by molar-refractivity contribution is 0.524. The Kier molecular flexibility index (Phi) is 4.07. The van der Waals surface area contributed by atoms with Crippen LogP contribution >= 0.6 is 15.9 Å². The first-order valence-electron chi connectivity index (χ1n) is 7.64. The summed E-state index contributed by atoms with van der Waals surface area (Å²) in [6.07, 6.45) is 7.37. The van der Waals surface area contributed by atoms with E-state index in [0.717, 1.165) is 17.3 Å². The van der Waals surface area contributed by atoms with E-state index in [4.69, 9.17) is 0 Å². The maximum Gasteiger partial charge on any atom is 0.207 e. The molecule has 0 aliphatic heterocycles. The summed E-state index contributed by atoms with van der Waals surface area (Å²) in [5.41, 5.74) is 4.68. The first-order chi connectivity index (χ1) is 10.0. The molecule has 1 aromatic carbocycles. The van der Waals surface area contributed by atoms with Gasteiger partial charge in [0.25, 0.3) is 0 Å². The normalized spacial score (nSPS) is 15.6. The molecule has 1 saturated carbocycles. The fourth-order valence-electron chi connectivity index (χ4n) is 3.22. The average Bonchev–Trinajstić information content (AvgIpc) is 3.05. The molecule has 0 atom stereocenters. The van der Waals surface area contributed by atoms with Crippen LogP contribution in [0.4, 0.5) is 11.6 Å². The Morgan fingerprint density at radius 1 is 1.14 bits per heavy atom. The van der Waals surface area contributed by atoms with E-state index in [2.05, 4.69) is 69.9 Å². The molecule has 0 amide bonds. The molecule has 1 N–H and O–H groups in total. The molecule has 1 fully saturated rings. The molecule has 0 unspecified atom stereocenters. The number of nitrogens with zero attached hydrogens (tertiary/aromatic N) is 2. The number of anilines is 2. The molecule has 112 valence electrons. The first kappa shape index (κ1) is 14.6. The van der Waals surface area contributed by atoms with Crippen LogP contribution in [0.15, 0.2) is 22.8 Å². The van der Waals surface area contributed by atoms with Gasteiger partial charge < -0.3 is 9.88 Å². The summed E-state index contributed by atoms with van der Waals surface area (Å²) in [6.45, 7) is 6.31. The third-order valence-electron chi connectivity index (χ3n) is 4.26. The maximum absolute atomic E-state index is 4.67. The minimum absolute atomic E-state index is 0.603. The molecule has 3 rings (SSSR count). The fraction of sp³-hybridized carbons (Fsp3) is 0.471. The van der Waals surface area contributed by atoms with Crippen molar-refractivity contribution in [3.63, 3.8) is 0 Å². The number of rotatable bonds is 3. The zero-order chi connectivity index (χ0) is 15.0. The largest absolute Gasteiger partial charge is 0.326 e. The van der Waals surface area contributed by atoms with Crippen LogP contribution in [0.5, 0.6) is 0 Å². The topological polar surface area (TPSA) is 29.9 Å². The number of nitrogens with one attached hydrogen (secondary N) is 1. The zero-order valence-corrected chi connectivity index (χ0v) is 14.5. The van der Waals surface area contributed by atoms with Crippen molar-refractivity contribution >= 4 is 27.6 Å². The van der Waals surface area contributed by atoms with Crippen LogP contribution in [0.2, 0.25) is 0 Å². The van der Waals surface area contributed by atoms with Crippen molar-refractivity contribution in [3.05, 3.63) is 39.6 Å². The smallest absolute Gasteiger partial charge is 0.207 e. The van der Waals surface area contributed by atoms with Gasteiger partial charge in [0.1, 0.15) is 0 Å². The Morgan fingerprint density at radius 3 is 2.38 bits per heavy atom. The van der Waals surface area contributed by atoms with E-state index in [1.165, 1.54) is 41.3 Å². The Morgan fingerprint density at radius 2 is 1.76 bits per heavy atom. The van der Waals surface area contributed by atoms with Crippen LogP contribution < -0.4 is 5.32 Å². The summed E-state index contributed by atoms with van der Waals surface area (Å²) >= 11 is 3.62. The Labute approximate surface area is 134 Å². The molecule has 4 heteroatoms. The van der Waals surface area contributed by atoms with Crippen LogP contribution in [0.25, 0.3) is 0 Å². The van der Waals surface area contributed by atoms with Crippen molar-refractivity contribution in [3.8, 4) is 0 Å². The summed E-state index contributed by atoms with van der Waals surface area (Å²) in [6, 6.07) is 4.94. The van der Waals surface area contributed by atoms with Gasteiger partial charge in [0.2, 0.25) is 5.95 Å². The van der Waals surface area contributed by atoms with Crippen molar-refractivity contribution in [1.29, 1.82) is 0 Å². The molecule has 0 bridgehead atoms. The summed E-state index contributed by atoms with van der Waals surface area (Å²) in [4.78, 5) is 4.67. The number of aromatic nitrogens is 2. The minimum atomic E-state index is 0.603. The van der Waals surface area contributed by atoms with E-state index in [0.29, 0.717) is 6.04 Å². The first-order valence-corrected chi connectivity index (χ1v) is 8.43. The van der Waals surface area contributed by atoms with Crippen LogP contribution in [0, 0.1) is 20.8 Å². The highest BCUT2D eigenvalue weighted by molar-refractivity contribution is 9.10. The average molecular weight is 348 g/mol. The molecule has 1 aliphatic carbocycles. The van der Waals surface area contributed by atoms with Crippen molar-refractivity contribution in [2.24, 2.45) is 0 Å². The molecular formula is C17H22BrN3. The van der Waals surface area contributed by atoms with Crippen molar-refractivity contribution in [1.82, 2.24) is 9.55 Å². The van der Waals surface area contributed by atoms with Gasteiger partial charge in [0.05, 0.1) is 5.69 Å². The lowest BCUT2D eigenvalue weighted by atomic mass is 10.1. The number of aryl methyl sites for hydroxylation is 3. The Balaban J connectivity index is 1.91. The predicted octanol–water partition coefficient (Wildman–Crippen LogP) is 5.43. The van der Waals surface area contributed by atoms with Gasteiger partial charge in [-0.1, -0.05) is 28.8 Å². The van der Waals surface area contributed by atoms with E-state index < -0.39 is 0 Å². The number of imidazole rings is 1. The van der Waals surface area contributed by atoms with Gasteiger partial charge in [-0.3, -0.25) is 0 Å². The van der Waals surface area contributed by atoms with Crippen LogP contribution in [-0.4, -0.2) is 9.55 Å². The van der Waals surface area contributed by atoms with Gasteiger partial charge in [-0.15, -0.1) is 0 Å². The molecule has 0 spiro atoms. The number of benzene rings is 1. The predicted molar refractivity (Wildman–Crippen MR) is 91.4 cm³/mol. The minimum Gasteiger partial charge on any atom is -0.326 e. The molecule has 1 aromatic heterocycles. The summed E-state index contributed by atoms with van der Waals surface area (Å²) < 4.78 is 3.51. The van der Waals surface area contributed by atoms with Crippen LogP contribution in [0.1, 0.15) is 48.5 Å². The van der Waals surface area contributed by atoms with Crippen LogP contribution in [-0.2, 0) is 0 Å². The second kappa shape index (κ2) is 5.84. The number of hydrogen-bond acceptors (Lipinski definition) is 2. The van der Waals surface area contributed by atoms with Crippen molar-refractivity contribution in [2.45, 2.75) is 52.5 Å². The van der Waals surface area contributed by atoms with Crippen molar-refractivity contribution in [2.75, 3.05) is 5.32 Å². The number of halogens is 1. The molecule has 1 aliphatic rings. The molecular weight excluding hydrogens is 326 g/mol. The molecule has 1 heterocycles. The molecule has 2 aromatic rings.